The highest BCUT2D eigenvalue weighted by atomic mass is 32.2. The van der Waals surface area contributed by atoms with Crippen LogP contribution in [0.3, 0.4) is 0 Å². The maximum absolute atomic E-state index is 5.71. The van der Waals surface area contributed by atoms with Crippen molar-refractivity contribution in [1.82, 2.24) is 20.0 Å². The van der Waals surface area contributed by atoms with Crippen LogP contribution in [0.2, 0.25) is 0 Å². The van der Waals surface area contributed by atoms with Crippen LogP contribution in [0.4, 0.5) is 5.82 Å². The van der Waals surface area contributed by atoms with Gasteiger partial charge in [-0.15, -0.1) is 5.10 Å². The summed E-state index contributed by atoms with van der Waals surface area (Å²) in [6.07, 6.45) is 4.10. The molecule has 1 aromatic heterocycles. The monoisotopic (exact) mass is 471 g/mol. The highest BCUT2D eigenvalue weighted by Crippen LogP contribution is 2.33. The largest absolute Gasteiger partial charge is 0.496 e. The maximum Gasteiger partial charge on any atom is 0.148 e. The summed E-state index contributed by atoms with van der Waals surface area (Å²) in [4.78, 5) is 2.41. The van der Waals surface area contributed by atoms with Gasteiger partial charge in [0.05, 0.1) is 24.2 Å². The number of aromatic nitrogens is 2. The first kappa shape index (κ1) is 25.3. The van der Waals surface area contributed by atoms with E-state index in [1.54, 1.807) is 18.9 Å². The van der Waals surface area contributed by atoms with Gasteiger partial charge >= 0.3 is 0 Å². The summed E-state index contributed by atoms with van der Waals surface area (Å²) in [6, 6.07) is 8.37. The molecule has 180 valence electrons. The lowest BCUT2D eigenvalue weighted by molar-refractivity contribution is 0.0923. The van der Waals surface area contributed by atoms with Crippen LogP contribution < -0.4 is 15.4 Å². The molecule has 1 aromatic carbocycles. The van der Waals surface area contributed by atoms with Gasteiger partial charge in [-0.2, -0.15) is 10.2 Å². The Kier molecular flexibility index (Phi) is 7.87. The number of rotatable bonds is 8. The lowest BCUT2D eigenvalue weighted by Gasteiger charge is -2.49. The summed E-state index contributed by atoms with van der Waals surface area (Å²) >= 11 is 1.65. The first-order valence-electron chi connectivity index (χ1n) is 11.2. The van der Waals surface area contributed by atoms with E-state index >= 15 is 0 Å². The molecule has 9 heteroatoms. The molecule has 33 heavy (non-hydrogen) atoms. The third-order valence-corrected chi connectivity index (χ3v) is 7.00. The van der Waals surface area contributed by atoms with Crippen molar-refractivity contribution in [1.29, 1.82) is 0 Å². The van der Waals surface area contributed by atoms with Gasteiger partial charge in [0.15, 0.2) is 0 Å². The van der Waals surface area contributed by atoms with Gasteiger partial charge in [-0.3, -0.25) is 4.90 Å². The summed E-state index contributed by atoms with van der Waals surface area (Å²) in [5.74, 6) is 2.32. The molecule has 1 saturated heterocycles. The van der Waals surface area contributed by atoms with Gasteiger partial charge < -0.3 is 15.4 Å². The van der Waals surface area contributed by atoms with E-state index in [4.69, 9.17) is 4.74 Å². The number of thioether (sulfide) groups is 1. The van der Waals surface area contributed by atoms with E-state index in [2.05, 4.69) is 72.3 Å². The standard InChI is InChI=1S/C24H37N7OS/c1-23(2)14-18(15-24(3,4)29-23)30(7)16-33-22(27-26-6)19-10-9-17(13-20(19)32-8)31-12-11-21(25-5)28-31/h9-13,18,29H,6,14-16H2,1-5,7-8H3,(H,25,28)/b27-22-. The van der Waals surface area contributed by atoms with E-state index in [0.717, 1.165) is 46.6 Å². The van der Waals surface area contributed by atoms with Crippen molar-refractivity contribution in [3.05, 3.63) is 36.0 Å². The molecular weight excluding hydrogens is 434 g/mol. The molecule has 8 nitrogen and oxygen atoms in total. The second-order valence-corrected chi connectivity index (χ2v) is 10.7. The molecule has 1 aliphatic heterocycles. The minimum Gasteiger partial charge on any atom is -0.496 e. The van der Waals surface area contributed by atoms with Gasteiger partial charge in [0.1, 0.15) is 16.6 Å². The Morgan fingerprint density at radius 1 is 1.30 bits per heavy atom. The number of nitrogens with zero attached hydrogens (tertiary/aromatic N) is 5. The van der Waals surface area contributed by atoms with Crippen LogP contribution >= 0.6 is 11.8 Å². The summed E-state index contributed by atoms with van der Waals surface area (Å²) in [6.45, 7) is 12.7. The SMILES string of the molecule is C=N/N=C(\SCN(C)C1CC(C)(C)NC(C)(C)C1)c1ccc(-n2ccc(NC)n2)cc1OC. The Morgan fingerprint density at radius 2 is 2.00 bits per heavy atom. The first-order chi connectivity index (χ1) is 15.6. The number of ether oxygens (including phenoxy) is 1. The van der Waals surface area contributed by atoms with Gasteiger partial charge in [-0.05, 0) is 59.7 Å². The Morgan fingerprint density at radius 3 is 2.58 bits per heavy atom. The van der Waals surface area contributed by atoms with E-state index < -0.39 is 0 Å². The fraction of sp³-hybridized carbons (Fsp3) is 0.542. The molecule has 0 saturated carbocycles. The summed E-state index contributed by atoms with van der Waals surface area (Å²) in [5, 5.41) is 20.2. The number of benzene rings is 1. The Bertz CT molecular complexity index is 982. The molecule has 0 spiro atoms. The normalized spacial score (nSPS) is 18.4. The minimum absolute atomic E-state index is 0.101. The van der Waals surface area contributed by atoms with Crippen molar-refractivity contribution in [2.24, 2.45) is 10.2 Å². The zero-order valence-electron chi connectivity index (χ0n) is 20.8. The number of nitrogens with one attached hydrogen (secondary N) is 2. The molecule has 2 heterocycles. The number of hydrogen-bond acceptors (Lipinski definition) is 8. The molecule has 2 N–H and O–H groups in total. The van der Waals surface area contributed by atoms with Crippen LogP contribution in [0.15, 0.2) is 40.7 Å². The summed E-state index contributed by atoms with van der Waals surface area (Å²) in [7, 11) is 5.70. The van der Waals surface area contributed by atoms with Crippen molar-refractivity contribution >= 4 is 29.3 Å². The molecule has 0 bridgehead atoms. The van der Waals surface area contributed by atoms with Crippen LogP contribution in [0.1, 0.15) is 46.1 Å². The third kappa shape index (κ3) is 6.37. The quantitative estimate of drug-likeness (QED) is 0.260. The highest BCUT2D eigenvalue weighted by Gasteiger charge is 2.39. The predicted octanol–water partition coefficient (Wildman–Crippen LogP) is 4.22. The highest BCUT2D eigenvalue weighted by molar-refractivity contribution is 8.14. The van der Waals surface area contributed by atoms with E-state index in [0.29, 0.717) is 6.04 Å². The third-order valence-electron chi connectivity index (χ3n) is 5.88. The molecule has 0 radical (unpaired) electrons. The van der Waals surface area contributed by atoms with E-state index in [1.807, 2.05) is 42.2 Å². The van der Waals surface area contributed by atoms with Crippen LogP contribution in [0.25, 0.3) is 5.69 Å². The molecular formula is C24H37N7OS. The average molecular weight is 472 g/mol. The zero-order valence-corrected chi connectivity index (χ0v) is 21.7. The van der Waals surface area contributed by atoms with Crippen LogP contribution in [-0.4, -0.2) is 70.6 Å². The van der Waals surface area contributed by atoms with E-state index in [9.17, 15) is 0 Å². The van der Waals surface area contributed by atoms with E-state index in [1.165, 1.54) is 0 Å². The lowest BCUT2D eigenvalue weighted by Crippen LogP contribution is -2.61. The average Bonchev–Trinajstić information content (AvgIpc) is 3.23. The second-order valence-electron chi connectivity index (χ2n) is 9.81. The topological polar surface area (TPSA) is 79.1 Å². The van der Waals surface area contributed by atoms with E-state index in [-0.39, 0.29) is 11.1 Å². The van der Waals surface area contributed by atoms with Crippen molar-refractivity contribution in [3.8, 4) is 11.4 Å². The van der Waals surface area contributed by atoms with Crippen LogP contribution in [0, 0.1) is 0 Å². The Labute approximate surface area is 201 Å². The molecule has 0 amide bonds. The maximum atomic E-state index is 5.71. The van der Waals surface area contributed by atoms with Crippen molar-refractivity contribution < 1.29 is 4.74 Å². The number of hydrogen-bond donors (Lipinski definition) is 2. The minimum atomic E-state index is 0.101. The van der Waals surface area contributed by atoms with Crippen molar-refractivity contribution in [2.75, 3.05) is 32.4 Å². The second kappa shape index (κ2) is 10.3. The van der Waals surface area contributed by atoms with Crippen LogP contribution in [0.5, 0.6) is 5.75 Å². The zero-order chi connectivity index (χ0) is 24.2. The molecule has 0 unspecified atom stereocenters. The fourth-order valence-electron chi connectivity index (χ4n) is 4.67. The lowest BCUT2D eigenvalue weighted by atomic mass is 9.79. The Balaban J connectivity index is 1.77. The van der Waals surface area contributed by atoms with Crippen molar-refractivity contribution in [2.45, 2.75) is 57.7 Å². The summed E-state index contributed by atoms with van der Waals surface area (Å²) < 4.78 is 7.52. The number of anilines is 1. The smallest absolute Gasteiger partial charge is 0.148 e. The molecule has 2 aromatic rings. The molecule has 1 fully saturated rings. The Hall–Kier alpha value is -2.36. The first-order valence-corrected chi connectivity index (χ1v) is 12.1. The van der Waals surface area contributed by atoms with Gasteiger partial charge in [-0.25, -0.2) is 4.68 Å². The van der Waals surface area contributed by atoms with Gasteiger partial charge in [-0.1, -0.05) is 11.8 Å². The summed E-state index contributed by atoms with van der Waals surface area (Å²) in [5.41, 5.74) is 2.00. The molecule has 0 aliphatic carbocycles. The fourth-order valence-corrected chi connectivity index (χ4v) is 5.65. The van der Waals surface area contributed by atoms with Gasteiger partial charge in [0.25, 0.3) is 0 Å². The molecule has 1 aliphatic rings. The molecule has 3 rings (SSSR count). The van der Waals surface area contributed by atoms with Crippen LogP contribution in [-0.2, 0) is 0 Å². The number of methoxy groups -OCH3 is 1. The predicted molar refractivity (Wildman–Crippen MR) is 140 cm³/mol. The number of piperidine rings is 1. The van der Waals surface area contributed by atoms with Gasteiger partial charge in [0.2, 0.25) is 0 Å². The van der Waals surface area contributed by atoms with Gasteiger partial charge in [0, 0.05) is 49.2 Å². The molecule has 0 atom stereocenters. The van der Waals surface area contributed by atoms with Crippen molar-refractivity contribution in [3.63, 3.8) is 0 Å².